The summed E-state index contributed by atoms with van der Waals surface area (Å²) in [6.45, 7) is 10.1. The van der Waals surface area contributed by atoms with Gasteiger partial charge in [-0.3, -0.25) is 14.4 Å². The smallest absolute Gasteiger partial charge is 0.323 e. The Morgan fingerprint density at radius 3 is 1.29 bits per heavy atom. The summed E-state index contributed by atoms with van der Waals surface area (Å²) < 4.78 is 4.56. The van der Waals surface area contributed by atoms with E-state index in [2.05, 4.69) is 4.74 Å². The number of esters is 1. The molecule has 4 heteroatoms. The van der Waals surface area contributed by atoms with E-state index in [0.717, 1.165) is 0 Å². The predicted octanol–water partition coefficient (Wildman–Crippen LogP) is 2.01. The highest BCUT2D eigenvalue weighted by Crippen LogP contribution is 2.28. The Morgan fingerprint density at radius 1 is 0.824 bits per heavy atom. The average molecular weight is 242 g/mol. The zero-order valence-corrected chi connectivity index (χ0v) is 11.7. The Hall–Kier alpha value is -1.19. The molecule has 0 bridgehead atoms. The number of methoxy groups -OCH3 is 1. The Morgan fingerprint density at radius 2 is 1.12 bits per heavy atom. The summed E-state index contributed by atoms with van der Waals surface area (Å²) in [6.07, 6.45) is 0. The van der Waals surface area contributed by atoms with Crippen LogP contribution in [0.4, 0.5) is 0 Å². The molecule has 4 nitrogen and oxygen atoms in total. The molecule has 0 saturated heterocycles. The van der Waals surface area contributed by atoms with E-state index < -0.39 is 34.3 Å². The molecule has 0 fully saturated rings. The first-order valence-corrected chi connectivity index (χ1v) is 5.59. The molecule has 0 rings (SSSR count). The lowest BCUT2D eigenvalue weighted by atomic mass is 9.75. The maximum atomic E-state index is 12.1. The molecule has 0 N–H and O–H groups in total. The fourth-order valence-electron chi connectivity index (χ4n) is 1.32. The third-order valence-corrected chi connectivity index (χ3v) is 2.44. The van der Waals surface area contributed by atoms with Crippen molar-refractivity contribution in [2.24, 2.45) is 16.7 Å². The molecule has 0 aromatic rings. The summed E-state index contributed by atoms with van der Waals surface area (Å²) in [5, 5.41) is 0. The molecule has 98 valence electrons. The van der Waals surface area contributed by atoms with Crippen molar-refractivity contribution < 1.29 is 19.1 Å². The highest BCUT2D eigenvalue weighted by Gasteiger charge is 2.44. The van der Waals surface area contributed by atoms with Gasteiger partial charge in [-0.15, -0.1) is 0 Å². The third kappa shape index (κ3) is 3.95. The van der Waals surface area contributed by atoms with Crippen LogP contribution in [0.15, 0.2) is 0 Å². The summed E-state index contributed by atoms with van der Waals surface area (Å²) >= 11 is 0. The Bertz CT molecular complexity index is 302. The Balaban J connectivity index is 5.40. The molecule has 0 heterocycles. The van der Waals surface area contributed by atoms with Crippen LogP contribution < -0.4 is 0 Å². The van der Waals surface area contributed by atoms with Crippen LogP contribution in [-0.2, 0) is 19.1 Å². The quantitative estimate of drug-likeness (QED) is 0.561. The molecule has 0 amide bonds. The van der Waals surface area contributed by atoms with Gasteiger partial charge < -0.3 is 4.74 Å². The van der Waals surface area contributed by atoms with E-state index in [1.54, 1.807) is 41.5 Å². The minimum Gasteiger partial charge on any atom is -0.468 e. The monoisotopic (exact) mass is 242 g/mol. The molecule has 0 unspecified atom stereocenters. The maximum absolute atomic E-state index is 12.1. The van der Waals surface area contributed by atoms with E-state index in [1.807, 2.05) is 0 Å². The topological polar surface area (TPSA) is 60.4 Å². The van der Waals surface area contributed by atoms with Crippen LogP contribution in [0, 0.1) is 16.7 Å². The first-order valence-electron chi connectivity index (χ1n) is 5.59. The van der Waals surface area contributed by atoms with E-state index in [4.69, 9.17) is 0 Å². The standard InChI is InChI=1S/C13H22O4/c1-12(2,3)9(14)8(11(16)17-7)10(15)13(4,5)6/h8H,1-7H3. The zero-order valence-electron chi connectivity index (χ0n) is 11.7. The molecule has 0 aromatic carbocycles. The van der Waals surface area contributed by atoms with Gasteiger partial charge in [-0.05, 0) is 0 Å². The number of ketones is 2. The number of Topliss-reactive ketones (excluding diaryl/α,β-unsaturated/α-hetero) is 2. The van der Waals surface area contributed by atoms with Crippen LogP contribution in [0.1, 0.15) is 41.5 Å². The highest BCUT2D eigenvalue weighted by atomic mass is 16.5. The van der Waals surface area contributed by atoms with Crippen molar-refractivity contribution in [2.75, 3.05) is 7.11 Å². The van der Waals surface area contributed by atoms with E-state index in [1.165, 1.54) is 7.11 Å². The molecular weight excluding hydrogens is 220 g/mol. The molecule has 0 radical (unpaired) electrons. The minimum absolute atomic E-state index is 0.399. The Kier molecular flexibility index (Phi) is 4.63. The fraction of sp³-hybridized carbons (Fsp3) is 0.769. The molecular formula is C13H22O4. The van der Waals surface area contributed by atoms with Gasteiger partial charge in [0.2, 0.25) is 0 Å². The van der Waals surface area contributed by atoms with Crippen LogP contribution >= 0.6 is 0 Å². The van der Waals surface area contributed by atoms with Crippen LogP contribution in [0.25, 0.3) is 0 Å². The Labute approximate surface area is 103 Å². The van der Waals surface area contributed by atoms with E-state index in [9.17, 15) is 14.4 Å². The maximum Gasteiger partial charge on any atom is 0.323 e. The van der Waals surface area contributed by atoms with Crippen molar-refractivity contribution in [3.8, 4) is 0 Å². The SMILES string of the molecule is COC(=O)C(C(=O)C(C)(C)C)C(=O)C(C)(C)C. The second-order valence-electron chi connectivity index (χ2n) is 6.18. The highest BCUT2D eigenvalue weighted by molar-refractivity contribution is 6.19. The number of hydrogen-bond donors (Lipinski definition) is 0. The first kappa shape index (κ1) is 15.8. The van der Waals surface area contributed by atoms with Crippen molar-refractivity contribution in [2.45, 2.75) is 41.5 Å². The van der Waals surface area contributed by atoms with Gasteiger partial charge in [0.15, 0.2) is 17.5 Å². The van der Waals surface area contributed by atoms with Gasteiger partial charge >= 0.3 is 5.97 Å². The lowest BCUT2D eigenvalue weighted by Crippen LogP contribution is -2.44. The number of ether oxygens (including phenoxy) is 1. The van der Waals surface area contributed by atoms with Crippen LogP contribution in [0.3, 0.4) is 0 Å². The van der Waals surface area contributed by atoms with E-state index in [-0.39, 0.29) is 0 Å². The van der Waals surface area contributed by atoms with Gasteiger partial charge in [-0.2, -0.15) is 0 Å². The summed E-state index contributed by atoms with van der Waals surface area (Å²) in [6, 6.07) is 0. The third-order valence-electron chi connectivity index (χ3n) is 2.44. The molecule has 0 atom stereocenters. The van der Waals surface area contributed by atoms with Crippen molar-refractivity contribution >= 4 is 17.5 Å². The van der Waals surface area contributed by atoms with Gasteiger partial charge in [0, 0.05) is 10.8 Å². The second-order valence-corrected chi connectivity index (χ2v) is 6.18. The largest absolute Gasteiger partial charge is 0.468 e. The van der Waals surface area contributed by atoms with Gasteiger partial charge in [0.1, 0.15) is 0 Å². The molecule has 0 spiro atoms. The second kappa shape index (κ2) is 4.98. The number of carbonyl (C=O) groups is 3. The summed E-state index contributed by atoms with van der Waals surface area (Å²) in [7, 11) is 1.18. The van der Waals surface area contributed by atoms with Gasteiger partial charge in [0.05, 0.1) is 7.11 Å². The lowest BCUT2D eigenvalue weighted by Gasteiger charge is -2.26. The predicted molar refractivity (Wildman–Crippen MR) is 64.4 cm³/mol. The fourth-order valence-corrected chi connectivity index (χ4v) is 1.32. The molecule has 17 heavy (non-hydrogen) atoms. The molecule has 0 aromatic heterocycles. The van der Waals surface area contributed by atoms with Crippen LogP contribution in [-0.4, -0.2) is 24.6 Å². The van der Waals surface area contributed by atoms with Crippen LogP contribution in [0.2, 0.25) is 0 Å². The van der Waals surface area contributed by atoms with Crippen LogP contribution in [0.5, 0.6) is 0 Å². The van der Waals surface area contributed by atoms with Gasteiger partial charge in [-0.25, -0.2) is 0 Å². The summed E-state index contributed by atoms with van der Waals surface area (Å²) in [5.74, 6) is -2.89. The number of hydrogen-bond acceptors (Lipinski definition) is 4. The number of rotatable bonds is 3. The van der Waals surface area contributed by atoms with Crippen molar-refractivity contribution in [1.82, 2.24) is 0 Å². The lowest BCUT2D eigenvalue weighted by molar-refractivity contribution is -0.157. The van der Waals surface area contributed by atoms with Gasteiger partial charge in [0.25, 0.3) is 0 Å². The number of carbonyl (C=O) groups excluding carboxylic acids is 3. The van der Waals surface area contributed by atoms with Gasteiger partial charge in [-0.1, -0.05) is 41.5 Å². The molecule has 0 aliphatic carbocycles. The molecule has 0 aliphatic heterocycles. The van der Waals surface area contributed by atoms with E-state index >= 15 is 0 Å². The summed E-state index contributed by atoms with van der Waals surface area (Å²) in [4.78, 5) is 35.9. The molecule has 0 saturated carbocycles. The minimum atomic E-state index is -1.32. The first-order chi connectivity index (χ1) is 7.42. The zero-order chi connectivity index (χ0) is 14.0. The average Bonchev–Trinajstić information content (AvgIpc) is 2.14. The summed E-state index contributed by atoms with van der Waals surface area (Å²) in [5.41, 5.74) is -1.50. The van der Waals surface area contributed by atoms with Crippen molar-refractivity contribution in [3.63, 3.8) is 0 Å². The van der Waals surface area contributed by atoms with Crippen molar-refractivity contribution in [1.29, 1.82) is 0 Å². The van der Waals surface area contributed by atoms with Crippen molar-refractivity contribution in [3.05, 3.63) is 0 Å². The normalized spacial score (nSPS) is 12.5. The molecule has 0 aliphatic rings. The van der Waals surface area contributed by atoms with E-state index in [0.29, 0.717) is 0 Å².